The monoisotopic (exact) mass is 399 g/mol. The van der Waals surface area contributed by atoms with Crippen molar-refractivity contribution in [3.63, 3.8) is 0 Å². The Hall–Kier alpha value is -2.57. The number of rotatable bonds is 6. The van der Waals surface area contributed by atoms with Crippen LogP contribution < -0.4 is 5.32 Å². The Labute approximate surface area is 166 Å². The SMILES string of the molecule is CC(=O)c1cccc(NC(=O)CSc2ncc(-c3ccc(Cl)cc3)n2C)c1. The molecule has 5 nitrogen and oxygen atoms in total. The van der Waals surface area contributed by atoms with Crippen LogP contribution in [0.2, 0.25) is 5.02 Å². The van der Waals surface area contributed by atoms with Gasteiger partial charge in [-0.15, -0.1) is 0 Å². The highest BCUT2D eigenvalue weighted by atomic mass is 35.5. The quantitative estimate of drug-likeness (QED) is 0.483. The Morgan fingerprint density at radius 3 is 2.63 bits per heavy atom. The summed E-state index contributed by atoms with van der Waals surface area (Å²) in [5, 5.41) is 4.23. The molecule has 3 aromatic rings. The Morgan fingerprint density at radius 1 is 1.19 bits per heavy atom. The maximum absolute atomic E-state index is 12.2. The van der Waals surface area contributed by atoms with Crippen LogP contribution >= 0.6 is 23.4 Å². The molecular weight excluding hydrogens is 382 g/mol. The van der Waals surface area contributed by atoms with E-state index in [4.69, 9.17) is 11.6 Å². The van der Waals surface area contributed by atoms with E-state index in [0.29, 0.717) is 16.3 Å². The van der Waals surface area contributed by atoms with Crippen molar-refractivity contribution < 1.29 is 9.59 Å². The van der Waals surface area contributed by atoms with E-state index in [1.807, 2.05) is 35.9 Å². The van der Waals surface area contributed by atoms with Gasteiger partial charge in [0, 0.05) is 23.3 Å². The smallest absolute Gasteiger partial charge is 0.234 e. The minimum atomic E-state index is -0.156. The summed E-state index contributed by atoms with van der Waals surface area (Å²) in [6.07, 6.45) is 1.78. The number of halogens is 1. The number of carbonyl (C=O) groups excluding carboxylic acids is 2. The number of hydrogen-bond acceptors (Lipinski definition) is 4. The second-order valence-corrected chi connectivity index (χ2v) is 7.34. The number of nitrogens with one attached hydrogen (secondary N) is 1. The average molecular weight is 400 g/mol. The van der Waals surface area contributed by atoms with Crippen molar-refractivity contribution in [1.29, 1.82) is 0 Å². The van der Waals surface area contributed by atoms with Gasteiger partial charge in [-0.2, -0.15) is 0 Å². The molecule has 0 fully saturated rings. The first kappa shape index (κ1) is 19.2. The average Bonchev–Trinajstić information content (AvgIpc) is 3.01. The number of ketones is 1. The van der Waals surface area contributed by atoms with Crippen molar-refractivity contribution in [2.75, 3.05) is 11.1 Å². The van der Waals surface area contributed by atoms with E-state index in [1.165, 1.54) is 18.7 Å². The maximum Gasteiger partial charge on any atom is 0.234 e. The topological polar surface area (TPSA) is 64.0 Å². The van der Waals surface area contributed by atoms with E-state index >= 15 is 0 Å². The third-order valence-electron chi connectivity index (χ3n) is 3.97. The van der Waals surface area contributed by atoms with Gasteiger partial charge in [-0.25, -0.2) is 4.98 Å². The summed E-state index contributed by atoms with van der Waals surface area (Å²) in [6.45, 7) is 1.50. The van der Waals surface area contributed by atoms with Gasteiger partial charge in [0.05, 0.1) is 17.6 Å². The second-order valence-electron chi connectivity index (χ2n) is 5.97. The molecule has 0 atom stereocenters. The molecule has 0 aliphatic heterocycles. The minimum Gasteiger partial charge on any atom is -0.325 e. The number of carbonyl (C=O) groups is 2. The molecule has 0 unspecified atom stereocenters. The number of imidazole rings is 1. The number of aromatic nitrogens is 2. The van der Waals surface area contributed by atoms with E-state index < -0.39 is 0 Å². The van der Waals surface area contributed by atoms with Crippen LogP contribution in [0.3, 0.4) is 0 Å². The molecule has 0 spiro atoms. The molecular formula is C20H18ClN3O2S. The number of anilines is 1. The molecule has 0 radical (unpaired) electrons. The largest absolute Gasteiger partial charge is 0.325 e. The fraction of sp³-hybridized carbons (Fsp3) is 0.150. The Balaban J connectivity index is 1.63. The van der Waals surface area contributed by atoms with E-state index in [9.17, 15) is 9.59 Å². The molecule has 7 heteroatoms. The van der Waals surface area contributed by atoms with Gasteiger partial charge in [-0.3, -0.25) is 9.59 Å². The van der Waals surface area contributed by atoms with E-state index in [1.54, 1.807) is 30.5 Å². The zero-order valence-corrected chi connectivity index (χ0v) is 16.5. The fourth-order valence-corrected chi connectivity index (χ4v) is 3.44. The van der Waals surface area contributed by atoms with Crippen molar-refractivity contribution in [3.8, 4) is 11.3 Å². The zero-order valence-electron chi connectivity index (χ0n) is 14.9. The highest BCUT2D eigenvalue weighted by Gasteiger charge is 2.12. The lowest BCUT2D eigenvalue weighted by atomic mass is 10.1. The van der Waals surface area contributed by atoms with Gasteiger partial charge in [0.15, 0.2) is 10.9 Å². The van der Waals surface area contributed by atoms with E-state index in [0.717, 1.165) is 16.4 Å². The summed E-state index contributed by atoms with van der Waals surface area (Å²) in [6, 6.07) is 14.4. The number of amides is 1. The van der Waals surface area contributed by atoms with Crippen molar-refractivity contribution in [2.24, 2.45) is 7.05 Å². The number of benzene rings is 2. The summed E-state index contributed by atoms with van der Waals surface area (Å²) in [4.78, 5) is 28.1. The first-order chi connectivity index (χ1) is 12.9. The summed E-state index contributed by atoms with van der Waals surface area (Å²) in [5.41, 5.74) is 3.13. The predicted octanol–water partition coefficient (Wildman–Crippen LogP) is 4.67. The van der Waals surface area contributed by atoms with Crippen LogP contribution in [0.15, 0.2) is 59.9 Å². The molecule has 1 amide bonds. The van der Waals surface area contributed by atoms with Crippen molar-refractivity contribution in [1.82, 2.24) is 9.55 Å². The van der Waals surface area contributed by atoms with Gasteiger partial charge < -0.3 is 9.88 Å². The fourth-order valence-electron chi connectivity index (χ4n) is 2.56. The number of thioether (sulfide) groups is 1. The lowest BCUT2D eigenvalue weighted by Crippen LogP contribution is -2.14. The van der Waals surface area contributed by atoms with Gasteiger partial charge in [0.2, 0.25) is 5.91 Å². The van der Waals surface area contributed by atoms with E-state index in [-0.39, 0.29) is 17.4 Å². The molecule has 0 saturated carbocycles. The third kappa shape index (κ3) is 4.78. The predicted molar refractivity (Wildman–Crippen MR) is 109 cm³/mol. The van der Waals surface area contributed by atoms with Crippen LogP contribution in [0.5, 0.6) is 0 Å². The molecule has 1 N–H and O–H groups in total. The summed E-state index contributed by atoms with van der Waals surface area (Å²) in [5.74, 6) is 0.0230. The summed E-state index contributed by atoms with van der Waals surface area (Å²) >= 11 is 7.28. The van der Waals surface area contributed by atoms with Crippen LogP contribution in [-0.2, 0) is 11.8 Å². The number of hydrogen-bond donors (Lipinski definition) is 1. The van der Waals surface area contributed by atoms with Crippen molar-refractivity contribution >= 4 is 40.7 Å². The molecule has 138 valence electrons. The summed E-state index contributed by atoms with van der Waals surface area (Å²) < 4.78 is 1.94. The number of nitrogens with zero attached hydrogens (tertiary/aromatic N) is 2. The first-order valence-electron chi connectivity index (χ1n) is 8.25. The molecule has 1 heterocycles. The highest BCUT2D eigenvalue weighted by Crippen LogP contribution is 2.26. The zero-order chi connectivity index (χ0) is 19.4. The van der Waals surface area contributed by atoms with E-state index in [2.05, 4.69) is 10.3 Å². The summed E-state index contributed by atoms with van der Waals surface area (Å²) in [7, 11) is 1.91. The van der Waals surface area contributed by atoms with Gasteiger partial charge in [0.1, 0.15) is 0 Å². The maximum atomic E-state index is 12.2. The van der Waals surface area contributed by atoms with Gasteiger partial charge in [-0.05, 0) is 36.8 Å². The van der Waals surface area contributed by atoms with Crippen LogP contribution in [0.1, 0.15) is 17.3 Å². The third-order valence-corrected chi connectivity index (χ3v) is 5.27. The Kier molecular flexibility index (Phi) is 5.98. The molecule has 2 aromatic carbocycles. The standard InChI is InChI=1S/C20H18ClN3O2S/c1-13(25)15-4-3-5-17(10-15)23-19(26)12-27-20-22-11-18(24(20)2)14-6-8-16(21)9-7-14/h3-11H,12H2,1-2H3,(H,23,26). The van der Waals surface area contributed by atoms with Crippen molar-refractivity contribution in [3.05, 3.63) is 65.3 Å². The Bertz CT molecular complexity index is 983. The van der Waals surface area contributed by atoms with Crippen molar-refractivity contribution in [2.45, 2.75) is 12.1 Å². The van der Waals surface area contributed by atoms with Crippen LogP contribution in [-0.4, -0.2) is 27.0 Å². The lowest BCUT2D eigenvalue weighted by molar-refractivity contribution is -0.113. The molecule has 0 aliphatic rings. The molecule has 1 aromatic heterocycles. The normalized spacial score (nSPS) is 10.6. The lowest BCUT2D eigenvalue weighted by Gasteiger charge is -2.08. The Morgan fingerprint density at radius 2 is 1.93 bits per heavy atom. The molecule has 0 aliphatic carbocycles. The number of Topliss-reactive ketones (excluding diaryl/α,β-unsaturated/α-hetero) is 1. The highest BCUT2D eigenvalue weighted by molar-refractivity contribution is 7.99. The van der Waals surface area contributed by atoms with Crippen LogP contribution in [0.4, 0.5) is 5.69 Å². The van der Waals surface area contributed by atoms with Gasteiger partial charge >= 0.3 is 0 Å². The van der Waals surface area contributed by atoms with Gasteiger partial charge in [0.25, 0.3) is 0 Å². The van der Waals surface area contributed by atoms with Crippen LogP contribution in [0.25, 0.3) is 11.3 Å². The second kappa shape index (κ2) is 8.41. The molecule has 0 bridgehead atoms. The minimum absolute atomic E-state index is 0.0387. The molecule has 27 heavy (non-hydrogen) atoms. The molecule has 3 rings (SSSR count). The first-order valence-corrected chi connectivity index (χ1v) is 9.61. The van der Waals surface area contributed by atoms with Gasteiger partial charge in [-0.1, -0.05) is 47.6 Å². The van der Waals surface area contributed by atoms with Crippen LogP contribution in [0, 0.1) is 0 Å². The molecule has 0 saturated heterocycles.